The second kappa shape index (κ2) is 7.91. The van der Waals surface area contributed by atoms with E-state index in [0.29, 0.717) is 24.1 Å². The number of aromatic amines is 1. The van der Waals surface area contributed by atoms with Gasteiger partial charge in [0, 0.05) is 30.4 Å². The third kappa shape index (κ3) is 3.92. The lowest BCUT2D eigenvalue weighted by Gasteiger charge is -2.13. The first-order valence-corrected chi connectivity index (χ1v) is 9.82. The quantitative estimate of drug-likeness (QED) is 0.531. The van der Waals surface area contributed by atoms with Crippen molar-refractivity contribution < 1.29 is 4.79 Å². The monoisotopic (exact) mass is 388 g/mol. The number of rotatable bonds is 6. The molecule has 0 saturated heterocycles. The summed E-state index contributed by atoms with van der Waals surface area (Å²) >= 11 is 0. The molecule has 0 aliphatic carbocycles. The minimum absolute atomic E-state index is 0.0768. The molecule has 4 rings (SSSR count). The Bertz CT molecular complexity index is 1220. The van der Waals surface area contributed by atoms with Crippen LogP contribution in [0.1, 0.15) is 30.4 Å². The lowest BCUT2D eigenvalue weighted by Crippen LogP contribution is -2.30. The maximum atomic E-state index is 12.8. The van der Waals surface area contributed by atoms with Crippen molar-refractivity contribution >= 4 is 27.8 Å². The molecule has 148 valence electrons. The number of hydrogen-bond acceptors (Lipinski definition) is 3. The first kappa shape index (κ1) is 18.9. The molecule has 1 atom stereocenters. The molecule has 29 heavy (non-hydrogen) atoms. The maximum Gasteiger partial charge on any atom is 0.277 e. The van der Waals surface area contributed by atoms with Crippen molar-refractivity contribution in [2.24, 2.45) is 0 Å². The minimum atomic E-state index is -0.158. The molecule has 2 aromatic heterocycles. The summed E-state index contributed by atoms with van der Waals surface area (Å²) in [6.45, 7) is 4.95. The van der Waals surface area contributed by atoms with E-state index in [2.05, 4.69) is 34.3 Å². The Hall–Kier alpha value is -3.41. The first-order valence-electron chi connectivity index (χ1n) is 9.82. The van der Waals surface area contributed by atoms with Crippen molar-refractivity contribution in [2.75, 3.05) is 6.54 Å². The molecule has 2 heterocycles. The number of fused-ring (bicyclic) bond motifs is 3. The number of H-pyrrole nitrogens is 1. The Labute approximate surface area is 168 Å². The molecule has 0 aliphatic rings. The fraction of sp³-hybridized carbons (Fsp3) is 0.261. The van der Waals surface area contributed by atoms with E-state index in [0.717, 1.165) is 16.5 Å². The summed E-state index contributed by atoms with van der Waals surface area (Å²) < 4.78 is 1.49. The normalized spacial score (nSPS) is 12.3. The van der Waals surface area contributed by atoms with Gasteiger partial charge < -0.3 is 10.3 Å². The molecule has 1 amide bonds. The molecular formula is C23H24N4O2. The molecule has 2 N–H and O–H groups in total. The number of carbonyl (C=O) groups excluding carboxylic acids is 1. The maximum absolute atomic E-state index is 12.8. The van der Waals surface area contributed by atoms with Crippen LogP contribution in [0.2, 0.25) is 0 Å². The van der Waals surface area contributed by atoms with Gasteiger partial charge in [-0.2, -0.15) is 0 Å². The summed E-state index contributed by atoms with van der Waals surface area (Å²) in [4.78, 5) is 32.7. The lowest BCUT2D eigenvalue weighted by atomic mass is 10.0. The van der Waals surface area contributed by atoms with E-state index in [4.69, 9.17) is 0 Å². The highest BCUT2D eigenvalue weighted by atomic mass is 16.1. The second-order valence-corrected chi connectivity index (χ2v) is 7.51. The van der Waals surface area contributed by atoms with E-state index < -0.39 is 0 Å². The number of nitrogens with one attached hydrogen (secondary N) is 2. The van der Waals surface area contributed by atoms with E-state index >= 15 is 0 Å². The minimum Gasteiger partial charge on any atom is -0.355 e. The molecule has 0 spiro atoms. The van der Waals surface area contributed by atoms with E-state index in [1.165, 1.54) is 16.5 Å². The van der Waals surface area contributed by atoms with Gasteiger partial charge in [0.05, 0.1) is 6.33 Å². The highest BCUT2D eigenvalue weighted by molar-refractivity contribution is 6.04. The summed E-state index contributed by atoms with van der Waals surface area (Å²) in [6.07, 6.45) is 1.76. The number of aryl methyl sites for hydroxylation is 2. The van der Waals surface area contributed by atoms with Crippen LogP contribution in [0.25, 0.3) is 21.9 Å². The van der Waals surface area contributed by atoms with Crippen LogP contribution in [0, 0.1) is 6.92 Å². The molecule has 6 nitrogen and oxygen atoms in total. The van der Waals surface area contributed by atoms with Gasteiger partial charge in [0.1, 0.15) is 11.0 Å². The van der Waals surface area contributed by atoms with Gasteiger partial charge in [-0.05, 0) is 30.5 Å². The average Bonchev–Trinajstić information content (AvgIpc) is 3.11. The number of amides is 1. The zero-order chi connectivity index (χ0) is 20.4. The number of aromatic nitrogens is 3. The van der Waals surface area contributed by atoms with Crippen LogP contribution >= 0.6 is 0 Å². The molecular weight excluding hydrogens is 364 g/mol. The molecule has 4 aromatic rings. The van der Waals surface area contributed by atoms with Gasteiger partial charge in [0.15, 0.2) is 0 Å². The molecule has 0 bridgehead atoms. The predicted octanol–water partition coefficient (Wildman–Crippen LogP) is 3.50. The SMILES string of the molecule is Cc1ccc2[nH]c3c(=O)n(CCC(=O)NC[C@H](C)c4ccccc4)cnc3c2c1. The van der Waals surface area contributed by atoms with Crippen LogP contribution in [0.4, 0.5) is 0 Å². The van der Waals surface area contributed by atoms with Crippen molar-refractivity contribution in [1.82, 2.24) is 19.9 Å². The molecule has 0 aliphatic heterocycles. The zero-order valence-corrected chi connectivity index (χ0v) is 16.6. The standard InChI is InChI=1S/C23H24N4O2/c1-15-8-9-19-18(12-15)21-22(26-19)23(29)27(14-25-21)11-10-20(28)24-13-16(2)17-6-4-3-5-7-17/h3-9,12,14,16,26H,10-11,13H2,1-2H3,(H,24,28)/t16-/m0/s1. The van der Waals surface area contributed by atoms with Crippen molar-refractivity contribution in [1.29, 1.82) is 0 Å². The Kier molecular flexibility index (Phi) is 5.16. The van der Waals surface area contributed by atoms with E-state index in [-0.39, 0.29) is 23.8 Å². The van der Waals surface area contributed by atoms with Crippen molar-refractivity contribution in [2.45, 2.75) is 32.7 Å². The van der Waals surface area contributed by atoms with E-state index in [1.54, 1.807) is 0 Å². The molecule has 2 aromatic carbocycles. The van der Waals surface area contributed by atoms with Crippen LogP contribution in [0.15, 0.2) is 59.7 Å². The third-order valence-electron chi connectivity index (χ3n) is 5.28. The van der Waals surface area contributed by atoms with Gasteiger partial charge in [-0.25, -0.2) is 4.98 Å². The van der Waals surface area contributed by atoms with Crippen molar-refractivity contribution in [3.63, 3.8) is 0 Å². The molecule has 6 heteroatoms. The average molecular weight is 388 g/mol. The Morgan fingerprint density at radius 2 is 2.00 bits per heavy atom. The van der Waals surface area contributed by atoms with Crippen LogP contribution in [0.3, 0.4) is 0 Å². The largest absolute Gasteiger partial charge is 0.355 e. The Balaban J connectivity index is 1.43. The van der Waals surface area contributed by atoms with Crippen molar-refractivity contribution in [3.05, 3.63) is 76.3 Å². The zero-order valence-electron chi connectivity index (χ0n) is 16.6. The summed E-state index contributed by atoms with van der Waals surface area (Å²) in [5.74, 6) is 0.155. The predicted molar refractivity (Wildman–Crippen MR) is 115 cm³/mol. The van der Waals surface area contributed by atoms with Crippen LogP contribution < -0.4 is 10.9 Å². The lowest BCUT2D eigenvalue weighted by molar-refractivity contribution is -0.121. The van der Waals surface area contributed by atoms with Crippen LogP contribution in [-0.4, -0.2) is 27.0 Å². The van der Waals surface area contributed by atoms with Gasteiger partial charge in [-0.15, -0.1) is 0 Å². The fourth-order valence-corrected chi connectivity index (χ4v) is 3.54. The van der Waals surface area contributed by atoms with Gasteiger partial charge >= 0.3 is 0 Å². The summed E-state index contributed by atoms with van der Waals surface area (Å²) in [5, 5.41) is 3.89. The highest BCUT2D eigenvalue weighted by Crippen LogP contribution is 2.22. The number of nitrogens with zero attached hydrogens (tertiary/aromatic N) is 2. The molecule has 0 fully saturated rings. The molecule has 0 unspecified atom stereocenters. The van der Waals surface area contributed by atoms with Gasteiger partial charge in [-0.3, -0.25) is 14.2 Å². The molecule has 0 saturated carbocycles. The van der Waals surface area contributed by atoms with Crippen LogP contribution in [0.5, 0.6) is 0 Å². The highest BCUT2D eigenvalue weighted by Gasteiger charge is 2.12. The summed E-state index contributed by atoms with van der Waals surface area (Å²) in [5.41, 5.74) is 4.19. The summed E-state index contributed by atoms with van der Waals surface area (Å²) in [6, 6.07) is 16.0. The third-order valence-corrected chi connectivity index (χ3v) is 5.28. The topological polar surface area (TPSA) is 79.8 Å². The summed E-state index contributed by atoms with van der Waals surface area (Å²) in [7, 11) is 0. The van der Waals surface area contributed by atoms with Gasteiger partial charge in [0.2, 0.25) is 5.91 Å². The Morgan fingerprint density at radius 3 is 2.79 bits per heavy atom. The van der Waals surface area contributed by atoms with Crippen LogP contribution in [-0.2, 0) is 11.3 Å². The van der Waals surface area contributed by atoms with E-state index in [9.17, 15) is 9.59 Å². The van der Waals surface area contributed by atoms with Gasteiger partial charge in [-0.1, -0.05) is 48.9 Å². The number of hydrogen-bond donors (Lipinski definition) is 2. The van der Waals surface area contributed by atoms with Gasteiger partial charge in [0.25, 0.3) is 5.56 Å². The number of carbonyl (C=O) groups is 1. The Morgan fingerprint density at radius 1 is 1.21 bits per heavy atom. The van der Waals surface area contributed by atoms with E-state index in [1.807, 2.05) is 43.3 Å². The molecule has 0 radical (unpaired) electrons. The number of benzene rings is 2. The van der Waals surface area contributed by atoms with Crippen molar-refractivity contribution in [3.8, 4) is 0 Å². The first-order chi connectivity index (χ1) is 14.0. The smallest absolute Gasteiger partial charge is 0.277 e. The fourth-order valence-electron chi connectivity index (χ4n) is 3.54. The second-order valence-electron chi connectivity index (χ2n) is 7.51.